The number of hydrogen-bond donors (Lipinski definition) is 3. The van der Waals surface area contributed by atoms with Crippen molar-refractivity contribution in [3.63, 3.8) is 0 Å². The van der Waals surface area contributed by atoms with Crippen molar-refractivity contribution >= 4 is 20.9 Å². The lowest BCUT2D eigenvalue weighted by Gasteiger charge is -2.14. The smallest absolute Gasteiger partial charge is 0.307 e. The molecule has 0 unspecified atom stereocenters. The fraction of sp³-hybridized carbons (Fsp3) is 0.385. The van der Waals surface area contributed by atoms with Crippen molar-refractivity contribution < 1.29 is 8.42 Å². The van der Waals surface area contributed by atoms with E-state index in [4.69, 9.17) is 0 Å². The summed E-state index contributed by atoms with van der Waals surface area (Å²) in [7, 11) is -3.70. The van der Waals surface area contributed by atoms with E-state index in [1.165, 1.54) is 12.1 Å². The number of aryl methyl sites for hydroxylation is 1. The Morgan fingerprint density at radius 1 is 1.19 bits per heavy atom. The first kappa shape index (κ1) is 14.0. The average molecular weight is 309 g/mol. The van der Waals surface area contributed by atoms with E-state index in [1.54, 1.807) is 6.92 Å². The number of aromatic nitrogens is 2. The number of rotatable bonds is 3. The first-order valence-electron chi connectivity index (χ1n) is 6.51. The largest absolute Gasteiger partial charge is 0.326 e. The summed E-state index contributed by atoms with van der Waals surface area (Å²) in [5, 5.41) is 0.140. The molecule has 7 nitrogen and oxygen atoms in total. The van der Waals surface area contributed by atoms with E-state index < -0.39 is 26.8 Å². The lowest BCUT2D eigenvalue weighted by Crippen LogP contribution is -2.34. The predicted octanol–water partition coefficient (Wildman–Crippen LogP) is 0.356. The van der Waals surface area contributed by atoms with Gasteiger partial charge in [-0.05, 0) is 44.4 Å². The zero-order chi connectivity index (χ0) is 15.4. The molecule has 1 aliphatic carbocycles. The molecule has 3 rings (SSSR count). The van der Waals surface area contributed by atoms with E-state index >= 15 is 0 Å². The van der Waals surface area contributed by atoms with Crippen LogP contribution in [0.25, 0.3) is 10.9 Å². The Bertz CT molecular complexity index is 952. The highest BCUT2D eigenvalue weighted by molar-refractivity contribution is 7.89. The lowest BCUT2D eigenvalue weighted by molar-refractivity contribution is 0.557. The lowest BCUT2D eigenvalue weighted by atomic mass is 10.2. The second kappa shape index (κ2) is 4.28. The maximum Gasteiger partial charge on any atom is 0.326 e. The summed E-state index contributed by atoms with van der Waals surface area (Å²) >= 11 is 0. The van der Waals surface area contributed by atoms with Gasteiger partial charge in [-0.3, -0.25) is 9.78 Å². The summed E-state index contributed by atoms with van der Waals surface area (Å²) in [5.41, 5.74) is -0.829. The molecule has 1 aromatic heterocycles. The monoisotopic (exact) mass is 309 g/mol. The van der Waals surface area contributed by atoms with Crippen molar-refractivity contribution in [2.45, 2.75) is 37.1 Å². The molecule has 0 aliphatic heterocycles. The Morgan fingerprint density at radius 2 is 1.86 bits per heavy atom. The summed E-state index contributed by atoms with van der Waals surface area (Å²) in [4.78, 5) is 27.7. The van der Waals surface area contributed by atoms with E-state index in [2.05, 4.69) is 14.7 Å². The topological polar surface area (TPSA) is 112 Å². The van der Waals surface area contributed by atoms with Gasteiger partial charge in [0.25, 0.3) is 5.56 Å². The van der Waals surface area contributed by atoms with Gasteiger partial charge in [0, 0.05) is 5.54 Å². The van der Waals surface area contributed by atoms with Crippen LogP contribution in [0.3, 0.4) is 0 Å². The van der Waals surface area contributed by atoms with E-state index in [1.807, 2.05) is 6.92 Å². The van der Waals surface area contributed by atoms with Crippen LogP contribution in [-0.2, 0) is 10.0 Å². The molecule has 0 bridgehead atoms. The summed E-state index contributed by atoms with van der Waals surface area (Å²) in [6.45, 7) is 3.47. The van der Waals surface area contributed by atoms with Gasteiger partial charge >= 0.3 is 5.69 Å². The van der Waals surface area contributed by atoms with Gasteiger partial charge in [0.1, 0.15) is 0 Å². The van der Waals surface area contributed by atoms with Crippen molar-refractivity contribution in [2.75, 3.05) is 0 Å². The van der Waals surface area contributed by atoms with Crippen molar-refractivity contribution in [3.8, 4) is 0 Å². The Kier molecular flexibility index (Phi) is 2.86. The van der Waals surface area contributed by atoms with Gasteiger partial charge in [0.05, 0.1) is 15.8 Å². The van der Waals surface area contributed by atoms with Gasteiger partial charge in [0.2, 0.25) is 10.0 Å². The molecule has 1 fully saturated rings. The Balaban J connectivity index is 2.22. The quantitative estimate of drug-likeness (QED) is 0.759. The molecule has 0 amide bonds. The number of H-pyrrole nitrogens is 2. The molecule has 3 N–H and O–H groups in total. The average Bonchev–Trinajstić information content (AvgIpc) is 3.03. The minimum atomic E-state index is -3.70. The maximum atomic E-state index is 12.4. The highest BCUT2D eigenvalue weighted by Gasteiger charge is 2.41. The summed E-state index contributed by atoms with van der Waals surface area (Å²) in [5.74, 6) is 0. The normalized spacial score (nSPS) is 17.0. The molecule has 0 spiro atoms. The van der Waals surface area contributed by atoms with Gasteiger partial charge in [-0.25, -0.2) is 17.9 Å². The third kappa shape index (κ3) is 2.52. The van der Waals surface area contributed by atoms with Crippen LogP contribution in [-0.4, -0.2) is 23.9 Å². The van der Waals surface area contributed by atoms with E-state index in [9.17, 15) is 18.0 Å². The van der Waals surface area contributed by atoms with Crippen LogP contribution in [0, 0.1) is 6.92 Å². The molecule has 1 saturated carbocycles. The number of hydrogen-bond acceptors (Lipinski definition) is 4. The molecular weight excluding hydrogens is 294 g/mol. The van der Waals surface area contributed by atoms with Crippen LogP contribution in [0.4, 0.5) is 0 Å². The Labute approximate surface area is 120 Å². The number of sulfonamides is 1. The zero-order valence-electron chi connectivity index (χ0n) is 11.6. The molecule has 1 aliphatic rings. The molecule has 0 atom stereocenters. The fourth-order valence-electron chi connectivity index (χ4n) is 2.26. The second-order valence-electron chi connectivity index (χ2n) is 5.74. The molecule has 0 saturated heterocycles. The van der Waals surface area contributed by atoms with Crippen LogP contribution < -0.4 is 16.0 Å². The van der Waals surface area contributed by atoms with Crippen LogP contribution in [0.2, 0.25) is 0 Å². The van der Waals surface area contributed by atoms with Gasteiger partial charge < -0.3 is 4.98 Å². The summed E-state index contributed by atoms with van der Waals surface area (Å²) in [6.07, 6.45) is 1.60. The molecule has 1 aromatic carbocycles. The molecule has 8 heteroatoms. The molecule has 112 valence electrons. The Morgan fingerprint density at radius 3 is 2.48 bits per heavy atom. The third-order valence-electron chi connectivity index (χ3n) is 3.71. The van der Waals surface area contributed by atoms with Crippen molar-refractivity contribution in [3.05, 3.63) is 38.5 Å². The van der Waals surface area contributed by atoms with E-state index in [-0.39, 0.29) is 10.3 Å². The number of aromatic amines is 2. The van der Waals surface area contributed by atoms with Crippen LogP contribution in [0.15, 0.2) is 26.6 Å². The van der Waals surface area contributed by atoms with E-state index in [0.717, 1.165) is 12.8 Å². The number of benzene rings is 1. The highest BCUT2D eigenvalue weighted by Crippen LogP contribution is 2.36. The van der Waals surface area contributed by atoms with Gasteiger partial charge in [-0.15, -0.1) is 0 Å². The van der Waals surface area contributed by atoms with Gasteiger partial charge in [-0.2, -0.15) is 0 Å². The fourth-order valence-corrected chi connectivity index (χ4v) is 3.98. The van der Waals surface area contributed by atoms with Crippen molar-refractivity contribution in [2.24, 2.45) is 0 Å². The first-order valence-corrected chi connectivity index (χ1v) is 7.99. The van der Waals surface area contributed by atoms with Gasteiger partial charge in [0.15, 0.2) is 0 Å². The predicted molar refractivity (Wildman–Crippen MR) is 77.9 cm³/mol. The minimum Gasteiger partial charge on any atom is -0.307 e. The number of nitrogens with one attached hydrogen (secondary N) is 3. The van der Waals surface area contributed by atoms with Crippen LogP contribution in [0.5, 0.6) is 0 Å². The zero-order valence-corrected chi connectivity index (χ0v) is 12.4. The molecular formula is C13H15N3O4S. The maximum absolute atomic E-state index is 12.4. The minimum absolute atomic E-state index is 0.0562. The summed E-state index contributed by atoms with van der Waals surface area (Å²) < 4.78 is 27.5. The van der Waals surface area contributed by atoms with Crippen LogP contribution >= 0.6 is 0 Å². The summed E-state index contributed by atoms with van der Waals surface area (Å²) in [6, 6.07) is 2.79. The molecule has 21 heavy (non-hydrogen) atoms. The van der Waals surface area contributed by atoms with Crippen LogP contribution in [0.1, 0.15) is 25.3 Å². The highest BCUT2D eigenvalue weighted by atomic mass is 32.2. The van der Waals surface area contributed by atoms with Gasteiger partial charge in [-0.1, -0.05) is 0 Å². The Hall–Kier alpha value is -1.93. The molecule has 2 aromatic rings. The molecule has 1 heterocycles. The second-order valence-corrected chi connectivity index (χ2v) is 7.39. The van der Waals surface area contributed by atoms with E-state index in [0.29, 0.717) is 11.1 Å². The third-order valence-corrected chi connectivity index (χ3v) is 5.49. The van der Waals surface area contributed by atoms with Crippen molar-refractivity contribution in [1.82, 2.24) is 14.7 Å². The van der Waals surface area contributed by atoms with Crippen molar-refractivity contribution in [1.29, 1.82) is 0 Å². The first-order chi connectivity index (χ1) is 9.70. The number of fused-ring (bicyclic) bond motifs is 1. The molecule has 0 radical (unpaired) electrons. The SMILES string of the molecule is Cc1cc2[nH]c(=O)[nH]c(=O)c2cc1S(=O)(=O)NC1(C)CC1. The standard InChI is InChI=1S/C13H15N3O4S/c1-7-5-9-8(11(17)15-12(18)14-9)6-10(7)21(19,20)16-13(2)3-4-13/h5-6,16H,3-4H2,1-2H3,(H2,14,15,17,18).